The second-order valence-corrected chi connectivity index (χ2v) is 6.17. The van der Waals surface area contributed by atoms with Gasteiger partial charge in [-0.3, -0.25) is 9.20 Å². The monoisotopic (exact) mass is 366 g/mol. The average Bonchev–Trinajstić information content (AvgIpc) is 2.82. The molecular weight excluding hydrogens is 344 g/mol. The van der Waals surface area contributed by atoms with Crippen LogP contribution in [0.25, 0.3) is 5.65 Å². The van der Waals surface area contributed by atoms with Crippen molar-refractivity contribution in [2.45, 2.75) is 27.2 Å². The second kappa shape index (κ2) is 7.74. The molecule has 1 amide bonds. The molecule has 6 heteroatoms. The lowest BCUT2D eigenvalue weighted by molar-refractivity contribution is 0.0945. The van der Waals surface area contributed by atoms with E-state index in [4.69, 9.17) is 0 Å². The van der Waals surface area contributed by atoms with E-state index >= 15 is 0 Å². The molecule has 1 N–H and O–H groups in total. The minimum absolute atomic E-state index is 0.0670. The fraction of sp³-hybridized carbons (Fsp3) is 0.500. The summed E-state index contributed by atoms with van der Waals surface area (Å²) in [6.07, 6.45) is 2.83. The van der Waals surface area contributed by atoms with Gasteiger partial charge in [0.15, 0.2) is 0 Å². The molecule has 2 rings (SSSR count). The molecule has 0 saturated heterocycles. The topological polar surface area (TPSA) is 49.6 Å². The fourth-order valence-electron chi connectivity index (χ4n) is 2.54. The van der Waals surface area contributed by atoms with Gasteiger partial charge in [0.1, 0.15) is 11.3 Å². The number of rotatable bonds is 7. The Kier molecular flexibility index (Phi) is 5.97. The molecule has 2 aromatic rings. The third-order valence-corrected chi connectivity index (χ3v) is 4.27. The summed E-state index contributed by atoms with van der Waals surface area (Å²) >= 11 is 3.43. The third kappa shape index (κ3) is 3.87. The molecule has 0 fully saturated rings. The molecule has 2 aromatic heterocycles. The maximum absolute atomic E-state index is 12.4. The van der Waals surface area contributed by atoms with Crippen molar-refractivity contribution in [2.75, 3.05) is 26.2 Å². The molecule has 0 bridgehead atoms. The Morgan fingerprint density at radius 3 is 2.77 bits per heavy atom. The van der Waals surface area contributed by atoms with Crippen LogP contribution in [0.2, 0.25) is 0 Å². The highest BCUT2D eigenvalue weighted by molar-refractivity contribution is 9.10. The van der Waals surface area contributed by atoms with Crippen LogP contribution >= 0.6 is 15.9 Å². The molecular formula is C16H23BrN4O. The second-order valence-electron chi connectivity index (χ2n) is 5.26. The van der Waals surface area contributed by atoms with Gasteiger partial charge in [-0.2, -0.15) is 0 Å². The van der Waals surface area contributed by atoms with Crippen LogP contribution in [0, 0.1) is 6.92 Å². The van der Waals surface area contributed by atoms with E-state index in [-0.39, 0.29) is 5.91 Å². The Morgan fingerprint density at radius 1 is 1.36 bits per heavy atom. The van der Waals surface area contributed by atoms with E-state index in [0.717, 1.165) is 41.9 Å². The van der Waals surface area contributed by atoms with Gasteiger partial charge in [-0.25, -0.2) is 4.98 Å². The summed E-state index contributed by atoms with van der Waals surface area (Å²) in [4.78, 5) is 19.2. The van der Waals surface area contributed by atoms with Gasteiger partial charge in [0, 0.05) is 17.2 Å². The summed E-state index contributed by atoms with van der Waals surface area (Å²) in [5, 5.41) is 3.00. The van der Waals surface area contributed by atoms with E-state index in [9.17, 15) is 4.79 Å². The smallest absolute Gasteiger partial charge is 0.270 e. The number of carbonyl (C=O) groups is 1. The van der Waals surface area contributed by atoms with Gasteiger partial charge in [0.05, 0.1) is 5.69 Å². The number of imidazole rings is 1. The van der Waals surface area contributed by atoms with Gasteiger partial charge in [-0.1, -0.05) is 13.8 Å². The van der Waals surface area contributed by atoms with Gasteiger partial charge < -0.3 is 10.2 Å². The summed E-state index contributed by atoms with van der Waals surface area (Å²) in [6.45, 7) is 9.95. The first-order valence-electron chi connectivity index (χ1n) is 7.71. The number of fused-ring (bicyclic) bond motifs is 1. The SMILES string of the molecule is CCN(CC)CCCNC(=O)c1c(C)nc2ccc(Br)cn12. The fourth-order valence-corrected chi connectivity index (χ4v) is 2.88. The van der Waals surface area contributed by atoms with E-state index in [1.54, 1.807) is 0 Å². The van der Waals surface area contributed by atoms with E-state index in [0.29, 0.717) is 12.2 Å². The van der Waals surface area contributed by atoms with Crippen LogP contribution in [-0.4, -0.2) is 46.4 Å². The summed E-state index contributed by atoms with van der Waals surface area (Å²) in [7, 11) is 0. The maximum atomic E-state index is 12.4. The van der Waals surface area contributed by atoms with Gasteiger partial charge in [0.25, 0.3) is 5.91 Å². The van der Waals surface area contributed by atoms with Gasteiger partial charge >= 0.3 is 0 Å². The molecule has 0 aromatic carbocycles. The number of amides is 1. The first kappa shape index (κ1) is 17.0. The van der Waals surface area contributed by atoms with Crippen LogP contribution in [-0.2, 0) is 0 Å². The number of aromatic nitrogens is 2. The molecule has 0 atom stereocenters. The van der Waals surface area contributed by atoms with Crippen LogP contribution in [0.3, 0.4) is 0 Å². The van der Waals surface area contributed by atoms with Crippen molar-refractivity contribution in [3.8, 4) is 0 Å². The molecule has 0 spiro atoms. The standard InChI is InChI=1S/C16H23BrN4O/c1-4-20(5-2)10-6-9-18-16(22)15-12(3)19-14-8-7-13(17)11-21(14)15/h7-8,11H,4-6,9-10H2,1-3H3,(H,18,22). The summed E-state index contributed by atoms with van der Waals surface area (Å²) in [5.41, 5.74) is 2.15. The van der Waals surface area contributed by atoms with Crippen LogP contribution in [0.15, 0.2) is 22.8 Å². The quantitative estimate of drug-likeness (QED) is 0.766. The number of pyridine rings is 1. The van der Waals surface area contributed by atoms with Gasteiger partial charge in [0.2, 0.25) is 0 Å². The lowest BCUT2D eigenvalue weighted by atomic mass is 10.3. The van der Waals surface area contributed by atoms with Crippen LogP contribution < -0.4 is 5.32 Å². The maximum Gasteiger partial charge on any atom is 0.270 e. The van der Waals surface area contributed by atoms with Crippen LogP contribution in [0.1, 0.15) is 36.5 Å². The zero-order valence-electron chi connectivity index (χ0n) is 13.4. The largest absolute Gasteiger partial charge is 0.351 e. The Balaban J connectivity index is 2.01. The lowest BCUT2D eigenvalue weighted by Crippen LogP contribution is -2.30. The molecule has 0 aliphatic rings. The van der Waals surface area contributed by atoms with Crippen LogP contribution in [0.4, 0.5) is 0 Å². The first-order chi connectivity index (χ1) is 10.6. The van der Waals surface area contributed by atoms with E-state index in [1.165, 1.54) is 0 Å². The highest BCUT2D eigenvalue weighted by Gasteiger charge is 2.16. The highest BCUT2D eigenvalue weighted by Crippen LogP contribution is 2.16. The third-order valence-electron chi connectivity index (χ3n) is 3.80. The lowest BCUT2D eigenvalue weighted by Gasteiger charge is -2.17. The first-order valence-corrected chi connectivity index (χ1v) is 8.50. The van der Waals surface area contributed by atoms with E-state index < -0.39 is 0 Å². The molecule has 0 aliphatic heterocycles. The number of nitrogens with zero attached hydrogens (tertiary/aromatic N) is 3. The number of hydrogen-bond acceptors (Lipinski definition) is 3. The summed E-state index contributed by atoms with van der Waals surface area (Å²) in [5.74, 6) is -0.0670. The van der Waals surface area contributed by atoms with Gasteiger partial charge in [-0.05, 0) is 61.0 Å². The highest BCUT2D eigenvalue weighted by atomic mass is 79.9. The number of carbonyl (C=O) groups excluding carboxylic acids is 1. The summed E-state index contributed by atoms with van der Waals surface area (Å²) in [6, 6.07) is 3.82. The van der Waals surface area contributed by atoms with Crippen molar-refractivity contribution < 1.29 is 4.79 Å². The molecule has 0 radical (unpaired) electrons. The van der Waals surface area contributed by atoms with Crippen molar-refractivity contribution in [2.24, 2.45) is 0 Å². The van der Waals surface area contributed by atoms with Crippen molar-refractivity contribution in [3.63, 3.8) is 0 Å². The zero-order valence-corrected chi connectivity index (χ0v) is 15.0. The Morgan fingerprint density at radius 2 is 2.09 bits per heavy atom. The van der Waals surface area contributed by atoms with Crippen molar-refractivity contribution >= 4 is 27.5 Å². The Bertz CT molecular complexity index is 649. The summed E-state index contributed by atoms with van der Waals surface area (Å²) < 4.78 is 2.76. The molecule has 5 nitrogen and oxygen atoms in total. The predicted octanol–water partition coefficient (Wildman–Crippen LogP) is 2.87. The molecule has 0 aliphatic carbocycles. The number of hydrogen-bond donors (Lipinski definition) is 1. The van der Waals surface area contributed by atoms with E-state index in [2.05, 4.69) is 45.0 Å². The van der Waals surface area contributed by atoms with Crippen LogP contribution in [0.5, 0.6) is 0 Å². The molecule has 120 valence electrons. The molecule has 0 unspecified atom stereocenters. The number of nitrogens with one attached hydrogen (secondary N) is 1. The predicted molar refractivity (Wildman–Crippen MR) is 92.4 cm³/mol. The Labute approximate surface area is 139 Å². The van der Waals surface area contributed by atoms with E-state index in [1.807, 2.05) is 29.7 Å². The van der Waals surface area contributed by atoms with Crippen molar-refractivity contribution in [1.29, 1.82) is 0 Å². The minimum Gasteiger partial charge on any atom is -0.351 e. The Hall–Kier alpha value is -1.40. The van der Waals surface area contributed by atoms with Crippen molar-refractivity contribution in [3.05, 3.63) is 34.2 Å². The van der Waals surface area contributed by atoms with Gasteiger partial charge in [-0.15, -0.1) is 0 Å². The minimum atomic E-state index is -0.0670. The zero-order chi connectivity index (χ0) is 16.1. The number of halogens is 1. The molecule has 2 heterocycles. The average molecular weight is 367 g/mol. The van der Waals surface area contributed by atoms with Crippen molar-refractivity contribution in [1.82, 2.24) is 19.6 Å². The molecule has 0 saturated carbocycles. The molecule has 22 heavy (non-hydrogen) atoms. The number of aryl methyl sites for hydroxylation is 1. The normalized spacial score (nSPS) is 11.3.